The molecule has 0 bridgehead atoms. The number of rotatable bonds is 13. The van der Waals surface area contributed by atoms with E-state index in [-0.39, 0.29) is 52.2 Å². The molecular formula is C31H30N2O7Se. The number of carboxylic acid groups (broad SMARTS) is 1. The monoisotopic (exact) mass is 622 g/mol. The predicted octanol–water partition coefficient (Wildman–Crippen LogP) is 3.87. The summed E-state index contributed by atoms with van der Waals surface area (Å²) < 4.78 is 11.6. The van der Waals surface area contributed by atoms with E-state index in [4.69, 9.17) is 14.6 Å². The van der Waals surface area contributed by atoms with Crippen LogP contribution in [0.25, 0.3) is 11.1 Å². The van der Waals surface area contributed by atoms with Crippen molar-refractivity contribution in [3.63, 3.8) is 0 Å². The summed E-state index contributed by atoms with van der Waals surface area (Å²) >= 11 is -0.370. The molecule has 1 atom stereocenters. The van der Waals surface area contributed by atoms with Crippen molar-refractivity contribution in [2.24, 2.45) is 0 Å². The fraction of sp³-hybridized carbons (Fsp3) is 0.226. The van der Waals surface area contributed by atoms with Crippen molar-refractivity contribution in [1.82, 2.24) is 5.32 Å². The number of carboxylic acids is 1. The van der Waals surface area contributed by atoms with Gasteiger partial charge in [-0.3, -0.25) is 0 Å². The van der Waals surface area contributed by atoms with Crippen molar-refractivity contribution in [3.05, 3.63) is 96.6 Å². The van der Waals surface area contributed by atoms with Gasteiger partial charge >= 0.3 is 244 Å². The van der Waals surface area contributed by atoms with Crippen molar-refractivity contribution in [1.29, 1.82) is 0 Å². The van der Waals surface area contributed by atoms with Crippen LogP contribution in [-0.2, 0) is 23.9 Å². The van der Waals surface area contributed by atoms with Gasteiger partial charge in [-0.15, -0.1) is 0 Å². The molecule has 9 nitrogen and oxygen atoms in total. The molecule has 0 fully saturated rings. The third kappa shape index (κ3) is 7.84. The molecule has 10 heteroatoms. The second-order valence-electron chi connectivity index (χ2n) is 9.19. The van der Waals surface area contributed by atoms with Gasteiger partial charge in [-0.25, -0.2) is 0 Å². The average Bonchev–Trinajstić information content (AvgIpc) is 3.30. The van der Waals surface area contributed by atoms with Gasteiger partial charge in [0.1, 0.15) is 0 Å². The van der Waals surface area contributed by atoms with Gasteiger partial charge < -0.3 is 0 Å². The Morgan fingerprint density at radius 1 is 0.902 bits per heavy atom. The molecule has 0 unspecified atom stereocenters. The SMILES string of the molecule is C=CCOC(=O)[C@H](C[Se]c1ccccc1NC(=O)CCC(=O)O)NC(=O)OCC1c2ccccc2-c2ccccc21. The van der Waals surface area contributed by atoms with Crippen LogP contribution in [0.4, 0.5) is 10.5 Å². The number of amides is 2. The minimum atomic E-state index is -1.06. The summed E-state index contributed by atoms with van der Waals surface area (Å²) in [6.07, 6.45) is 0.269. The van der Waals surface area contributed by atoms with Gasteiger partial charge in [0, 0.05) is 0 Å². The molecule has 3 aromatic carbocycles. The molecule has 3 N–H and O–H groups in total. The van der Waals surface area contributed by atoms with Crippen LogP contribution in [0, 0.1) is 0 Å². The Balaban J connectivity index is 1.40. The molecule has 0 aliphatic heterocycles. The number of carbonyl (C=O) groups is 4. The normalized spacial score (nSPS) is 12.4. The number of fused-ring (bicyclic) bond motifs is 3. The Morgan fingerprint density at radius 2 is 1.54 bits per heavy atom. The Hall–Kier alpha value is -4.40. The number of carbonyl (C=O) groups excluding carboxylic acids is 3. The second-order valence-corrected chi connectivity index (χ2v) is 11.4. The molecular weight excluding hydrogens is 591 g/mol. The molecule has 2 amide bonds. The van der Waals surface area contributed by atoms with Crippen LogP contribution in [0.2, 0.25) is 5.32 Å². The van der Waals surface area contributed by atoms with Gasteiger partial charge in [-0.05, 0) is 0 Å². The number of aliphatic carboxylic acids is 1. The maximum absolute atomic E-state index is 12.9. The summed E-state index contributed by atoms with van der Waals surface area (Å²) in [6.45, 7) is 3.65. The van der Waals surface area contributed by atoms with Crippen LogP contribution < -0.4 is 15.1 Å². The minimum absolute atomic E-state index is 0.00900. The number of hydrogen-bond acceptors (Lipinski definition) is 6. The zero-order valence-electron chi connectivity index (χ0n) is 22.2. The van der Waals surface area contributed by atoms with Crippen molar-refractivity contribution in [2.45, 2.75) is 30.1 Å². The van der Waals surface area contributed by atoms with Crippen molar-refractivity contribution < 1.29 is 33.8 Å². The number of esters is 1. The number of alkyl carbamates (subject to hydrolysis) is 1. The van der Waals surface area contributed by atoms with Crippen LogP contribution >= 0.6 is 0 Å². The number of para-hydroxylation sites is 1. The van der Waals surface area contributed by atoms with Gasteiger partial charge in [0.25, 0.3) is 0 Å². The molecule has 0 aromatic heterocycles. The second kappa shape index (κ2) is 14.3. The standard InChI is InChI=1S/C31H30N2O7Se/c1-2-17-39-30(37)26(19-41-27-14-8-7-13-25(27)32-28(34)15-16-29(35)36)33-31(38)40-18-24-22-11-5-3-9-20(22)21-10-4-6-12-23(21)24/h2-14,24,26H,1,15-19H2,(H,32,34)(H,33,38)(H,35,36)/t26-/m0/s1. The Morgan fingerprint density at radius 3 is 2.20 bits per heavy atom. The molecule has 41 heavy (non-hydrogen) atoms. The molecule has 4 rings (SSSR count). The van der Waals surface area contributed by atoms with E-state index < -0.39 is 30.0 Å². The first kappa shape index (κ1) is 29.6. The molecule has 212 valence electrons. The molecule has 0 heterocycles. The zero-order chi connectivity index (χ0) is 29.2. The summed E-state index contributed by atoms with van der Waals surface area (Å²) in [7, 11) is 0. The van der Waals surface area contributed by atoms with E-state index in [9.17, 15) is 19.2 Å². The number of hydrogen-bond donors (Lipinski definition) is 3. The first-order valence-corrected chi connectivity index (χ1v) is 15.1. The molecule has 0 radical (unpaired) electrons. The summed E-state index contributed by atoms with van der Waals surface area (Å²) in [4.78, 5) is 48.7. The molecule has 0 saturated carbocycles. The van der Waals surface area contributed by atoms with E-state index in [1.807, 2.05) is 54.6 Å². The molecule has 3 aromatic rings. The van der Waals surface area contributed by atoms with Crippen LogP contribution in [-0.4, -0.2) is 63.3 Å². The Labute approximate surface area is 244 Å². The van der Waals surface area contributed by atoms with Crippen LogP contribution in [0.5, 0.6) is 0 Å². The first-order valence-electron chi connectivity index (χ1n) is 13.0. The van der Waals surface area contributed by atoms with E-state index in [0.29, 0.717) is 5.69 Å². The Kier molecular flexibility index (Phi) is 10.3. The maximum atomic E-state index is 12.9. The molecule has 1 aliphatic carbocycles. The quantitative estimate of drug-likeness (QED) is 0.150. The van der Waals surface area contributed by atoms with E-state index >= 15 is 0 Å². The van der Waals surface area contributed by atoms with Gasteiger partial charge in [0.05, 0.1) is 0 Å². The summed E-state index contributed by atoms with van der Waals surface area (Å²) in [5.41, 5.74) is 4.91. The van der Waals surface area contributed by atoms with E-state index in [1.54, 1.807) is 18.2 Å². The fourth-order valence-electron chi connectivity index (χ4n) is 4.49. The molecule has 0 spiro atoms. The van der Waals surface area contributed by atoms with Gasteiger partial charge in [-0.2, -0.15) is 0 Å². The average molecular weight is 622 g/mol. The summed E-state index contributed by atoms with van der Waals surface area (Å²) in [6, 6.07) is 22.1. The third-order valence-corrected chi connectivity index (χ3v) is 8.84. The summed E-state index contributed by atoms with van der Waals surface area (Å²) in [5.74, 6) is -2.23. The van der Waals surface area contributed by atoms with Gasteiger partial charge in [0.2, 0.25) is 0 Å². The van der Waals surface area contributed by atoms with Crippen LogP contribution in [0.1, 0.15) is 29.9 Å². The molecule has 1 aliphatic rings. The number of ether oxygens (including phenoxy) is 2. The van der Waals surface area contributed by atoms with Crippen molar-refractivity contribution in [3.8, 4) is 11.1 Å². The topological polar surface area (TPSA) is 131 Å². The van der Waals surface area contributed by atoms with Crippen molar-refractivity contribution in [2.75, 3.05) is 18.5 Å². The van der Waals surface area contributed by atoms with E-state index in [2.05, 4.69) is 17.2 Å². The number of anilines is 1. The van der Waals surface area contributed by atoms with Crippen LogP contribution in [0.3, 0.4) is 0 Å². The van der Waals surface area contributed by atoms with E-state index in [1.165, 1.54) is 6.08 Å². The van der Waals surface area contributed by atoms with Gasteiger partial charge in [0.15, 0.2) is 0 Å². The first-order chi connectivity index (χ1) is 19.9. The van der Waals surface area contributed by atoms with Crippen LogP contribution in [0.15, 0.2) is 85.5 Å². The third-order valence-electron chi connectivity index (χ3n) is 6.40. The number of nitrogens with one attached hydrogen (secondary N) is 2. The summed E-state index contributed by atoms with van der Waals surface area (Å²) in [5, 5.41) is 14.4. The number of benzene rings is 3. The Bertz CT molecular complexity index is 1400. The molecule has 0 saturated heterocycles. The zero-order valence-corrected chi connectivity index (χ0v) is 23.9. The predicted molar refractivity (Wildman–Crippen MR) is 155 cm³/mol. The van der Waals surface area contributed by atoms with Crippen molar-refractivity contribution >= 4 is 49.0 Å². The van der Waals surface area contributed by atoms with E-state index in [0.717, 1.165) is 26.7 Å². The fourth-order valence-corrected chi connectivity index (χ4v) is 6.62. The van der Waals surface area contributed by atoms with Gasteiger partial charge in [-0.1, -0.05) is 0 Å².